The molecule has 3 aromatic rings. The SMILES string of the molecule is O=C1CCCc2cc(C(=O)NCCCn3nc4ccccn4c3=O)ccc2N1. The molecule has 0 saturated heterocycles. The van der Waals surface area contributed by atoms with Crippen LogP contribution in [0.5, 0.6) is 0 Å². The maximum atomic E-state index is 12.4. The largest absolute Gasteiger partial charge is 0.352 e. The molecule has 1 aliphatic heterocycles. The molecule has 28 heavy (non-hydrogen) atoms. The number of nitrogens with zero attached hydrogens (tertiary/aromatic N) is 3. The number of pyridine rings is 1. The van der Waals surface area contributed by atoms with Gasteiger partial charge in [-0.1, -0.05) is 6.07 Å². The molecule has 0 saturated carbocycles. The van der Waals surface area contributed by atoms with Gasteiger partial charge < -0.3 is 10.6 Å². The average molecular weight is 379 g/mol. The van der Waals surface area contributed by atoms with Crippen molar-refractivity contribution in [3.05, 3.63) is 64.2 Å². The lowest BCUT2D eigenvalue weighted by molar-refractivity contribution is -0.116. The second kappa shape index (κ2) is 7.67. The Morgan fingerprint density at radius 3 is 2.93 bits per heavy atom. The minimum absolute atomic E-state index is 0.0122. The van der Waals surface area contributed by atoms with Gasteiger partial charge in [0.1, 0.15) is 0 Å². The summed E-state index contributed by atoms with van der Waals surface area (Å²) in [6.07, 6.45) is 4.32. The Balaban J connectivity index is 1.34. The molecule has 0 unspecified atom stereocenters. The number of hydrogen-bond acceptors (Lipinski definition) is 4. The number of aromatic nitrogens is 3. The Labute approximate surface area is 161 Å². The van der Waals surface area contributed by atoms with Crippen molar-refractivity contribution in [2.45, 2.75) is 32.2 Å². The van der Waals surface area contributed by atoms with E-state index < -0.39 is 0 Å². The number of hydrogen-bond donors (Lipinski definition) is 2. The highest BCUT2D eigenvalue weighted by Crippen LogP contribution is 2.23. The normalized spacial score (nSPS) is 13.6. The van der Waals surface area contributed by atoms with Crippen LogP contribution in [0.2, 0.25) is 0 Å². The van der Waals surface area contributed by atoms with E-state index in [4.69, 9.17) is 0 Å². The van der Waals surface area contributed by atoms with E-state index in [1.165, 1.54) is 9.08 Å². The van der Waals surface area contributed by atoms with Gasteiger partial charge in [0.15, 0.2) is 5.65 Å². The first-order valence-corrected chi connectivity index (χ1v) is 9.37. The highest BCUT2D eigenvalue weighted by Gasteiger charge is 2.15. The van der Waals surface area contributed by atoms with Gasteiger partial charge in [0, 0.05) is 37.0 Å². The second-order valence-electron chi connectivity index (χ2n) is 6.82. The van der Waals surface area contributed by atoms with E-state index in [9.17, 15) is 14.4 Å². The summed E-state index contributed by atoms with van der Waals surface area (Å²) in [7, 11) is 0. The number of benzene rings is 1. The van der Waals surface area contributed by atoms with Crippen LogP contribution in [0.25, 0.3) is 5.65 Å². The highest BCUT2D eigenvalue weighted by atomic mass is 16.2. The molecule has 3 heterocycles. The first-order chi connectivity index (χ1) is 13.6. The number of nitrogens with one attached hydrogen (secondary N) is 2. The molecule has 2 N–H and O–H groups in total. The molecule has 144 valence electrons. The molecule has 8 heteroatoms. The summed E-state index contributed by atoms with van der Waals surface area (Å²) in [4.78, 5) is 36.2. The average Bonchev–Trinajstić information content (AvgIpc) is 2.89. The van der Waals surface area contributed by atoms with Crippen molar-refractivity contribution in [3.8, 4) is 0 Å². The number of amides is 2. The second-order valence-corrected chi connectivity index (χ2v) is 6.82. The molecule has 0 radical (unpaired) electrons. The lowest BCUT2D eigenvalue weighted by atomic mass is 10.0. The van der Waals surface area contributed by atoms with Crippen molar-refractivity contribution in [2.24, 2.45) is 0 Å². The van der Waals surface area contributed by atoms with E-state index in [-0.39, 0.29) is 17.5 Å². The van der Waals surface area contributed by atoms with Crippen LogP contribution in [-0.4, -0.2) is 32.5 Å². The van der Waals surface area contributed by atoms with Crippen molar-refractivity contribution in [3.63, 3.8) is 0 Å². The van der Waals surface area contributed by atoms with Crippen LogP contribution in [0, 0.1) is 0 Å². The quantitative estimate of drug-likeness (QED) is 0.658. The highest BCUT2D eigenvalue weighted by molar-refractivity contribution is 5.97. The Hall–Kier alpha value is -3.42. The Kier molecular flexibility index (Phi) is 4.92. The fraction of sp³-hybridized carbons (Fsp3) is 0.300. The Morgan fingerprint density at radius 2 is 2.07 bits per heavy atom. The van der Waals surface area contributed by atoms with Crippen molar-refractivity contribution in [1.29, 1.82) is 0 Å². The number of aryl methyl sites for hydroxylation is 2. The van der Waals surface area contributed by atoms with E-state index in [0.29, 0.717) is 37.1 Å². The van der Waals surface area contributed by atoms with Gasteiger partial charge in [-0.2, -0.15) is 0 Å². The third-order valence-electron chi connectivity index (χ3n) is 4.81. The van der Waals surface area contributed by atoms with Crippen molar-refractivity contribution < 1.29 is 9.59 Å². The molecule has 0 atom stereocenters. The molecule has 2 amide bonds. The van der Waals surface area contributed by atoms with Crippen molar-refractivity contribution in [2.75, 3.05) is 11.9 Å². The summed E-state index contributed by atoms with van der Waals surface area (Å²) in [5.41, 5.74) is 2.75. The zero-order chi connectivity index (χ0) is 19.5. The summed E-state index contributed by atoms with van der Waals surface area (Å²) >= 11 is 0. The van der Waals surface area contributed by atoms with Crippen LogP contribution in [0.1, 0.15) is 35.2 Å². The molecule has 1 aliphatic rings. The molecule has 1 aromatic carbocycles. The van der Waals surface area contributed by atoms with Crippen LogP contribution >= 0.6 is 0 Å². The summed E-state index contributed by atoms with van der Waals surface area (Å²) in [5, 5.41) is 10.0. The summed E-state index contributed by atoms with van der Waals surface area (Å²) < 4.78 is 2.90. The van der Waals surface area contributed by atoms with Gasteiger partial charge in [0.25, 0.3) is 5.91 Å². The van der Waals surface area contributed by atoms with Gasteiger partial charge in [-0.15, -0.1) is 5.10 Å². The van der Waals surface area contributed by atoms with Crippen molar-refractivity contribution >= 4 is 23.1 Å². The minimum atomic E-state index is -0.185. The molecule has 4 rings (SSSR count). The number of anilines is 1. The number of carbonyl (C=O) groups excluding carboxylic acids is 2. The van der Waals surface area contributed by atoms with Gasteiger partial charge in [0.05, 0.1) is 0 Å². The third-order valence-corrected chi connectivity index (χ3v) is 4.81. The molecule has 0 aliphatic carbocycles. The van der Waals surface area contributed by atoms with Gasteiger partial charge in [-0.05, 0) is 55.2 Å². The zero-order valence-electron chi connectivity index (χ0n) is 15.4. The smallest absolute Gasteiger partial charge is 0.350 e. The van der Waals surface area contributed by atoms with Gasteiger partial charge in [-0.25, -0.2) is 9.48 Å². The molecular weight excluding hydrogens is 358 g/mol. The lowest BCUT2D eigenvalue weighted by Gasteiger charge is -2.10. The van der Waals surface area contributed by atoms with E-state index in [1.807, 2.05) is 12.1 Å². The van der Waals surface area contributed by atoms with E-state index in [0.717, 1.165) is 24.1 Å². The molecule has 0 spiro atoms. The fourth-order valence-electron chi connectivity index (χ4n) is 3.36. The predicted octanol–water partition coefficient (Wildman–Crippen LogP) is 1.59. The Bertz CT molecular complexity index is 1100. The fourth-order valence-corrected chi connectivity index (χ4v) is 3.36. The number of fused-ring (bicyclic) bond motifs is 2. The van der Waals surface area contributed by atoms with E-state index in [2.05, 4.69) is 15.7 Å². The molecule has 0 fully saturated rings. The predicted molar refractivity (Wildman–Crippen MR) is 104 cm³/mol. The number of carbonyl (C=O) groups is 2. The Morgan fingerprint density at radius 1 is 1.18 bits per heavy atom. The van der Waals surface area contributed by atoms with Gasteiger partial charge in [-0.3, -0.25) is 14.0 Å². The monoisotopic (exact) mass is 379 g/mol. The van der Waals surface area contributed by atoms with Crippen LogP contribution in [0.4, 0.5) is 5.69 Å². The molecule has 0 bridgehead atoms. The zero-order valence-corrected chi connectivity index (χ0v) is 15.4. The molecule has 2 aromatic heterocycles. The molecular formula is C20H21N5O3. The van der Waals surface area contributed by atoms with Gasteiger partial charge >= 0.3 is 5.69 Å². The van der Waals surface area contributed by atoms with Crippen molar-refractivity contribution in [1.82, 2.24) is 19.5 Å². The van der Waals surface area contributed by atoms with Crippen LogP contribution < -0.4 is 16.3 Å². The maximum absolute atomic E-state index is 12.4. The maximum Gasteiger partial charge on any atom is 0.350 e. The summed E-state index contributed by atoms with van der Waals surface area (Å²) in [6.45, 7) is 0.865. The topological polar surface area (TPSA) is 97.5 Å². The first kappa shape index (κ1) is 18.0. The van der Waals surface area contributed by atoms with E-state index in [1.54, 1.807) is 30.5 Å². The first-order valence-electron chi connectivity index (χ1n) is 9.37. The van der Waals surface area contributed by atoms with Crippen LogP contribution in [-0.2, 0) is 17.8 Å². The number of rotatable bonds is 5. The summed E-state index contributed by atoms with van der Waals surface area (Å²) in [5.74, 6) is -0.154. The lowest BCUT2D eigenvalue weighted by Crippen LogP contribution is -2.27. The van der Waals surface area contributed by atoms with Crippen LogP contribution in [0.3, 0.4) is 0 Å². The molecule has 8 nitrogen and oxygen atoms in total. The minimum Gasteiger partial charge on any atom is -0.352 e. The van der Waals surface area contributed by atoms with Crippen LogP contribution in [0.15, 0.2) is 47.4 Å². The van der Waals surface area contributed by atoms with E-state index >= 15 is 0 Å². The van der Waals surface area contributed by atoms with Gasteiger partial charge in [0.2, 0.25) is 5.91 Å². The standard InChI is InChI=1S/C20H21N5O3/c26-18-7-3-5-14-13-15(8-9-16(14)22-18)19(27)21-10-4-12-25-20(28)24-11-2-1-6-17(24)23-25/h1-2,6,8-9,11,13H,3-5,7,10,12H2,(H,21,27)(H,22,26). The third kappa shape index (κ3) is 3.66. The summed E-state index contributed by atoms with van der Waals surface area (Å²) in [6, 6.07) is 10.7.